The average Bonchev–Trinajstić information content (AvgIpc) is 3.26. The lowest BCUT2D eigenvalue weighted by Crippen LogP contribution is -2.53. The smallest absolute Gasteiger partial charge is 0.239 e. The molecule has 1 aliphatic heterocycles. The molecule has 6 heteroatoms. The van der Waals surface area contributed by atoms with Gasteiger partial charge in [0.1, 0.15) is 11.9 Å². The Kier molecular flexibility index (Phi) is 4.07. The predicted molar refractivity (Wildman–Crippen MR) is 77.0 cm³/mol. The van der Waals surface area contributed by atoms with Gasteiger partial charge >= 0.3 is 0 Å². The van der Waals surface area contributed by atoms with Gasteiger partial charge in [-0.25, -0.2) is 4.39 Å². The second kappa shape index (κ2) is 5.99. The van der Waals surface area contributed by atoms with Crippen LogP contribution in [0.15, 0.2) is 18.2 Å². The molecule has 0 bridgehead atoms. The van der Waals surface area contributed by atoms with Crippen molar-refractivity contribution < 1.29 is 13.9 Å². The highest BCUT2D eigenvalue weighted by molar-refractivity contribution is 5.82. The monoisotopic (exact) mass is 293 g/mol. The van der Waals surface area contributed by atoms with Crippen LogP contribution in [0, 0.1) is 5.82 Å². The Morgan fingerprint density at radius 1 is 1.48 bits per heavy atom. The summed E-state index contributed by atoms with van der Waals surface area (Å²) in [6.07, 6.45) is 2.10. The van der Waals surface area contributed by atoms with E-state index in [1.54, 1.807) is 12.1 Å². The van der Waals surface area contributed by atoms with Gasteiger partial charge in [0.25, 0.3) is 0 Å². The highest BCUT2D eigenvalue weighted by Crippen LogP contribution is 2.21. The summed E-state index contributed by atoms with van der Waals surface area (Å²) in [6, 6.07) is 4.63. The molecule has 0 radical (unpaired) electrons. The summed E-state index contributed by atoms with van der Waals surface area (Å²) in [6.45, 7) is 1.92. The van der Waals surface area contributed by atoms with Crippen molar-refractivity contribution in [1.29, 1.82) is 0 Å². The van der Waals surface area contributed by atoms with Gasteiger partial charge in [-0.15, -0.1) is 0 Å². The highest BCUT2D eigenvalue weighted by atomic mass is 19.1. The Balaban J connectivity index is 1.69. The van der Waals surface area contributed by atoms with E-state index < -0.39 is 0 Å². The molecular weight excluding hydrogens is 273 g/mol. The lowest BCUT2D eigenvalue weighted by Gasteiger charge is -2.34. The van der Waals surface area contributed by atoms with E-state index in [0.717, 1.165) is 12.8 Å². The first-order chi connectivity index (χ1) is 10.1. The maximum atomic E-state index is 13.9. The number of nitrogens with two attached hydrogens (primary N) is 1. The minimum atomic E-state index is -0.351. The number of carbonyl (C=O) groups is 1. The molecule has 0 spiro atoms. The van der Waals surface area contributed by atoms with Crippen LogP contribution in [0.5, 0.6) is 0 Å². The number of nitrogens with zero attached hydrogens (tertiary/aromatic N) is 1. The van der Waals surface area contributed by atoms with E-state index in [0.29, 0.717) is 43.6 Å². The van der Waals surface area contributed by atoms with Crippen molar-refractivity contribution >= 4 is 11.6 Å². The normalized spacial score (nSPS) is 23.0. The molecule has 1 amide bonds. The van der Waals surface area contributed by atoms with Crippen LogP contribution < -0.4 is 11.1 Å². The van der Waals surface area contributed by atoms with E-state index >= 15 is 0 Å². The van der Waals surface area contributed by atoms with Gasteiger partial charge in [-0.3, -0.25) is 9.69 Å². The quantitative estimate of drug-likeness (QED) is 0.809. The number of rotatable bonds is 4. The molecule has 1 aliphatic carbocycles. The van der Waals surface area contributed by atoms with Crippen LogP contribution >= 0.6 is 0 Å². The number of halogens is 1. The maximum absolute atomic E-state index is 13.9. The largest absolute Gasteiger partial charge is 0.399 e. The second-order valence-corrected chi connectivity index (χ2v) is 5.69. The van der Waals surface area contributed by atoms with Crippen molar-refractivity contribution in [3.8, 4) is 0 Å². The molecule has 1 aromatic carbocycles. The first-order valence-corrected chi connectivity index (χ1v) is 7.29. The van der Waals surface area contributed by atoms with E-state index in [2.05, 4.69) is 5.32 Å². The van der Waals surface area contributed by atoms with Crippen molar-refractivity contribution in [3.05, 3.63) is 29.6 Å². The molecule has 1 saturated heterocycles. The first kappa shape index (κ1) is 14.3. The summed E-state index contributed by atoms with van der Waals surface area (Å²) >= 11 is 0. The molecule has 1 aromatic rings. The van der Waals surface area contributed by atoms with Crippen molar-refractivity contribution in [3.63, 3.8) is 0 Å². The zero-order valence-corrected chi connectivity index (χ0v) is 11.8. The van der Waals surface area contributed by atoms with Crippen LogP contribution in [-0.4, -0.2) is 42.6 Å². The molecule has 21 heavy (non-hydrogen) atoms. The number of anilines is 1. The van der Waals surface area contributed by atoms with Crippen molar-refractivity contribution in [2.75, 3.05) is 25.5 Å². The van der Waals surface area contributed by atoms with Crippen LogP contribution in [0.2, 0.25) is 0 Å². The Bertz CT molecular complexity index is 534. The highest BCUT2D eigenvalue weighted by Gasteiger charge is 2.33. The minimum Gasteiger partial charge on any atom is -0.399 e. The van der Waals surface area contributed by atoms with E-state index in [1.807, 2.05) is 4.90 Å². The predicted octanol–water partition coefficient (Wildman–Crippen LogP) is 0.887. The fraction of sp³-hybridized carbons (Fsp3) is 0.533. The molecule has 1 heterocycles. The van der Waals surface area contributed by atoms with Gasteiger partial charge in [-0.1, -0.05) is 6.07 Å². The number of amides is 1. The van der Waals surface area contributed by atoms with E-state index in [9.17, 15) is 9.18 Å². The number of ether oxygens (including phenoxy) is 1. The topological polar surface area (TPSA) is 67.6 Å². The number of nitrogen functional groups attached to an aromatic ring is 1. The molecule has 1 atom stereocenters. The third-order valence-corrected chi connectivity index (χ3v) is 3.92. The molecule has 3 N–H and O–H groups in total. The Hall–Kier alpha value is -1.66. The third-order valence-electron chi connectivity index (χ3n) is 3.92. The molecule has 1 saturated carbocycles. The summed E-state index contributed by atoms with van der Waals surface area (Å²) in [4.78, 5) is 14.2. The summed E-state index contributed by atoms with van der Waals surface area (Å²) in [5, 5.41) is 2.99. The minimum absolute atomic E-state index is 0.0203. The van der Waals surface area contributed by atoms with Crippen LogP contribution in [0.3, 0.4) is 0 Å². The first-order valence-electron chi connectivity index (χ1n) is 7.29. The van der Waals surface area contributed by atoms with Gasteiger partial charge in [-0.2, -0.15) is 0 Å². The van der Waals surface area contributed by atoms with Crippen LogP contribution in [0.25, 0.3) is 0 Å². The molecule has 2 aliphatic rings. The molecule has 3 rings (SSSR count). The standard InChI is InChI=1S/C15H20FN3O2/c16-13-7-11(17)2-1-10(13)8-19-5-6-21-9-14(19)15(20)18-12-3-4-12/h1-2,7,12,14H,3-6,8-9,17H2,(H,18,20). The average molecular weight is 293 g/mol. The maximum Gasteiger partial charge on any atom is 0.239 e. The number of hydrogen-bond acceptors (Lipinski definition) is 4. The summed E-state index contributed by atoms with van der Waals surface area (Å²) in [5.74, 6) is -0.351. The van der Waals surface area contributed by atoms with Crippen molar-refractivity contribution in [2.24, 2.45) is 0 Å². The summed E-state index contributed by atoms with van der Waals surface area (Å²) < 4.78 is 19.3. The fourth-order valence-electron chi connectivity index (χ4n) is 2.50. The number of hydrogen-bond donors (Lipinski definition) is 2. The van der Waals surface area contributed by atoms with E-state index in [-0.39, 0.29) is 17.8 Å². The number of benzene rings is 1. The zero-order chi connectivity index (χ0) is 14.8. The molecule has 0 aromatic heterocycles. The molecule has 114 valence electrons. The van der Waals surface area contributed by atoms with Gasteiger partial charge < -0.3 is 15.8 Å². The molecule has 5 nitrogen and oxygen atoms in total. The van der Waals surface area contributed by atoms with Gasteiger partial charge in [-0.05, 0) is 25.0 Å². The Labute approximate surface area is 123 Å². The van der Waals surface area contributed by atoms with Crippen molar-refractivity contribution in [2.45, 2.75) is 31.5 Å². The van der Waals surface area contributed by atoms with Gasteiger partial charge in [0.05, 0.1) is 13.2 Å². The molecule has 2 fully saturated rings. The summed E-state index contributed by atoms with van der Waals surface area (Å²) in [7, 11) is 0. The van der Waals surface area contributed by atoms with Gasteiger partial charge in [0, 0.05) is 30.4 Å². The van der Waals surface area contributed by atoms with E-state index in [1.165, 1.54) is 6.07 Å². The molecular formula is C15H20FN3O2. The number of nitrogens with one attached hydrogen (secondary N) is 1. The van der Waals surface area contributed by atoms with Crippen LogP contribution in [0.1, 0.15) is 18.4 Å². The Morgan fingerprint density at radius 2 is 2.29 bits per heavy atom. The SMILES string of the molecule is Nc1ccc(CN2CCOCC2C(=O)NC2CC2)c(F)c1. The number of carbonyl (C=O) groups excluding carboxylic acids is 1. The van der Waals surface area contributed by atoms with E-state index in [4.69, 9.17) is 10.5 Å². The third kappa shape index (κ3) is 3.51. The lowest BCUT2D eigenvalue weighted by atomic mass is 10.1. The van der Waals surface area contributed by atoms with Gasteiger partial charge in [0.15, 0.2) is 0 Å². The second-order valence-electron chi connectivity index (χ2n) is 5.69. The molecule has 1 unspecified atom stereocenters. The van der Waals surface area contributed by atoms with Crippen LogP contribution in [0.4, 0.5) is 10.1 Å². The van der Waals surface area contributed by atoms with Crippen LogP contribution in [-0.2, 0) is 16.1 Å². The van der Waals surface area contributed by atoms with Gasteiger partial charge in [0.2, 0.25) is 5.91 Å². The lowest BCUT2D eigenvalue weighted by molar-refractivity contribution is -0.133. The summed E-state index contributed by atoms with van der Waals surface area (Å²) in [5.41, 5.74) is 6.52. The van der Waals surface area contributed by atoms with Crippen molar-refractivity contribution in [1.82, 2.24) is 10.2 Å². The zero-order valence-electron chi connectivity index (χ0n) is 11.8. The fourth-order valence-corrected chi connectivity index (χ4v) is 2.50. The Morgan fingerprint density at radius 3 is 3.00 bits per heavy atom. The number of morpholine rings is 1.